The number of hydrogen-bond donors (Lipinski definition) is 0. The number of carbonyl (C=O) groups excluding carboxylic acids is 1. The summed E-state index contributed by atoms with van der Waals surface area (Å²) in [6.07, 6.45) is 0. The van der Waals surface area contributed by atoms with Gasteiger partial charge in [0.15, 0.2) is 5.69 Å². The van der Waals surface area contributed by atoms with Crippen LogP contribution in [0.1, 0.15) is 27.6 Å². The SMILES string of the molecule is COCCOC(=O)c1nnn(Cc2nonc2C)c1C. The highest BCUT2D eigenvalue weighted by molar-refractivity contribution is 5.88. The molecule has 0 aromatic carbocycles. The fraction of sp³-hybridized carbons (Fsp3) is 0.545. The van der Waals surface area contributed by atoms with Gasteiger partial charge in [0.1, 0.15) is 18.0 Å². The van der Waals surface area contributed by atoms with Gasteiger partial charge in [0, 0.05) is 7.11 Å². The van der Waals surface area contributed by atoms with E-state index in [1.54, 1.807) is 18.5 Å². The van der Waals surface area contributed by atoms with Crippen LogP contribution in [0, 0.1) is 13.8 Å². The Bertz CT molecular complexity index is 591. The summed E-state index contributed by atoms with van der Waals surface area (Å²) in [6.45, 7) is 4.35. The summed E-state index contributed by atoms with van der Waals surface area (Å²) in [5, 5.41) is 15.2. The maximum Gasteiger partial charge on any atom is 0.360 e. The van der Waals surface area contributed by atoms with E-state index < -0.39 is 5.97 Å². The van der Waals surface area contributed by atoms with Gasteiger partial charge in [0.05, 0.1) is 18.8 Å². The molecule has 0 atom stereocenters. The van der Waals surface area contributed by atoms with Crippen molar-refractivity contribution in [3.05, 3.63) is 22.8 Å². The zero-order valence-electron chi connectivity index (χ0n) is 11.5. The molecule has 2 aromatic heterocycles. The van der Waals surface area contributed by atoms with E-state index in [0.717, 1.165) is 0 Å². The van der Waals surface area contributed by atoms with E-state index >= 15 is 0 Å². The summed E-state index contributed by atoms with van der Waals surface area (Å²) in [7, 11) is 1.53. The molecule has 0 unspecified atom stereocenters. The van der Waals surface area contributed by atoms with Gasteiger partial charge in [0.2, 0.25) is 0 Å². The highest BCUT2D eigenvalue weighted by atomic mass is 16.6. The Morgan fingerprint density at radius 2 is 2.10 bits per heavy atom. The van der Waals surface area contributed by atoms with E-state index in [1.807, 2.05) is 0 Å². The first-order valence-electron chi connectivity index (χ1n) is 5.97. The minimum Gasteiger partial charge on any atom is -0.458 e. The molecule has 0 aliphatic carbocycles. The van der Waals surface area contributed by atoms with Crippen molar-refractivity contribution in [1.29, 1.82) is 0 Å². The maximum absolute atomic E-state index is 11.8. The van der Waals surface area contributed by atoms with Crippen molar-refractivity contribution in [3.8, 4) is 0 Å². The minimum atomic E-state index is -0.527. The van der Waals surface area contributed by atoms with E-state index in [-0.39, 0.29) is 12.3 Å². The average molecular weight is 281 g/mol. The highest BCUT2D eigenvalue weighted by Crippen LogP contribution is 2.09. The van der Waals surface area contributed by atoms with Crippen molar-refractivity contribution >= 4 is 5.97 Å². The molecule has 9 nitrogen and oxygen atoms in total. The van der Waals surface area contributed by atoms with Crippen molar-refractivity contribution in [2.45, 2.75) is 20.4 Å². The fourth-order valence-corrected chi connectivity index (χ4v) is 1.52. The van der Waals surface area contributed by atoms with Crippen LogP contribution in [0.2, 0.25) is 0 Å². The summed E-state index contributed by atoms with van der Waals surface area (Å²) >= 11 is 0. The van der Waals surface area contributed by atoms with Crippen molar-refractivity contribution in [1.82, 2.24) is 25.3 Å². The molecule has 2 aromatic rings. The van der Waals surface area contributed by atoms with Crippen LogP contribution in [0.25, 0.3) is 0 Å². The van der Waals surface area contributed by atoms with Gasteiger partial charge in [-0.2, -0.15) is 0 Å². The molecule has 0 saturated carbocycles. The van der Waals surface area contributed by atoms with Gasteiger partial charge in [-0.1, -0.05) is 15.5 Å². The third kappa shape index (κ3) is 2.99. The molecule has 0 N–H and O–H groups in total. The van der Waals surface area contributed by atoms with E-state index in [0.29, 0.717) is 30.2 Å². The van der Waals surface area contributed by atoms with Crippen LogP contribution in [0.5, 0.6) is 0 Å². The number of rotatable bonds is 6. The second-order valence-electron chi connectivity index (χ2n) is 4.11. The number of nitrogens with zero attached hydrogens (tertiary/aromatic N) is 5. The second-order valence-corrected chi connectivity index (χ2v) is 4.11. The molecule has 0 fully saturated rings. The summed E-state index contributed by atoms with van der Waals surface area (Å²) in [5.41, 5.74) is 2.08. The Morgan fingerprint density at radius 1 is 1.30 bits per heavy atom. The van der Waals surface area contributed by atoms with Gasteiger partial charge in [-0.25, -0.2) is 14.1 Å². The molecule has 2 rings (SSSR count). The number of aromatic nitrogens is 5. The molecular formula is C11H15N5O4. The molecule has 0 bridgehead atoms. The Hall–Kier alpha value is -2.29. The summed E-state index contributed by atoms with van der Waals surface area (Å²) in [5.74, 6) is -0.527. The van der Waals surface area contributed by atoms with Crippen LogP contribution >= 0.6 is 0 Å². The normalized spacial score (nSPS) is 10.8. The highest BCUT2D eigenvalue weighted by Gasteiger charge is 2.19. The topological polar surface area (TPSA) is 105 Å². The lowest BCUT2D eigenvalue weighted by atomic mass is 10.3. The predicted octanol–water partition coefficient (Wildman–Crippen LogP) is 0.129. The first kappa shape index (κ1) is 14.1. The van der Waals surface area contributed by atoms with Crippen LogP contribution in [0.4, 0.5) is 0 Å². The third-order valence-corrected chi connectivity index (χ3v) is 2.74. The molecule has 0 aliphatic heterocycles. The molecule has 0 amide bonds. The number of aryl methyl sites for hydroxylation is 1. The standard InChI is InChI=1S/C11H15N5O4/c1-7-9(14-20-13-7)6-16-8(2)10(12-15-16)11(17)19-5-4-18-3/h4-6H2,1-3H3. The Labute approximate surface area is 114 Å². The van der Waals surface area contributed by atoms with Crippen LogP contribution < -0.4 is 0 Å². The van der Waals surface area contributed by atoms with Crippen LogP contribution in [-0.4, -0.2) is 51.6 Å². The second kappa shape index (κ2) is 6.24. The molecule has 9 heteroatoms. The molecule has 0 spiro atoms. The third-order valence-electron chi connectivity index (χ3n) is 2.74. The number of esters is 1. The molecule has 0 aliphatic rings. The molecule has 108 valence electrons. The first-order chi connectivity index (χ1) is 9.63. The summed E-state index contributed by atoms with van der Waals surface area (Å²) in [6, 6.07) is 0. The summed E-state index contributed by atoms with van der Waals surface area (Å²) in [4.78, 5) is 11.8. The van der Waals surface area contributed by atoms with Crippen molar-refractivity contribution < 1.29 is 18.9 Å². The van der Waals surface area contributed by atoms with E-state index in [2.05, 4.69) is 25.3 Å². The van der Waals surface area contributed by atoms with Gasteiger partial charge >= 0.3 is 5.97 Å². The van der Waals surface area contributed by atoms with Gasteiger partial charge in [-0.3, -0.25) is 0 Å². The van der Waals surface area contributed by atoms with E-state index in [1.165, 1.54) is 7.11 Å². The van der Waals surface area contributed by atoms with Gasteiger partial charge < -0.3 is 9.47 Å². The molecule has 0 radical (unpaired) electrons. The van der Waals surface area contributed by atoms with E-state index in [4.69, 9.17) is 9.47 Å². The smallest absolute Gasteiger partial charge is 0.360 e. The van der Waals surface area contributed by atoms with Crippen molar-refractivity contribution in [3.63, 3.8) is 0 Å². The Morgan fingerprint density at radius 3 is 2.75 bits per heavy atom. The number of methoxy groups -OCH3 is 1. The summed E-state index contributed by atoms with van der Waals surface area (Å²) < 4.78 is 15.9. The maximum atomic E-state index is 11.8. The molecule has 20 heavy (non-hydrogen) atoms. The number of ether oxygens (including phenoxy) is 2. The quantitative estimate of drug-likeness (QED) is 0.543. The Kier molecular flexibility index (Phi) is 4.41. The zero-order valence-corrected chi connectivity index (χ0v) is 11.5. The van der Waals surface area contributed by atoms with Gasteiger partial charge in [-0.15, -0.1) is 5.10 Å². The largest absolute Gasteiger partial charge is 0.458 e. The van der Waals surface area contributed by atoms with Gasteiger partial charge in [-0.05, 0) is 13.8 Å². The predicted molar refractivity (Wildman–Crippen MR) is 65.1 cm³/mol. The van der Waals surface area contributed by atoms with Crippen LogP contribution in [0.15, 0.2) is 4.63 Å². The lowest BCUT2D eigenvalue weighted by Crippen LogP contribution is -2.12. The lowest BCUT2D eigenvalue weighted by Gasteiger charge is -2.03. The monoisotopic (exact) mass is 281 g/mol. The van der Waals surface area contributed by atoms with Crippen molar-refractivity contribution in [2.24, 2.45) is 0 Å². The molecular weight excluding hydrogens is 266 g/mol. The van der Waals surface area contributed by atoms with Gasteiger partial charge in [0.25, 0.3) is 0 Å². The number of carbonyl (C=O) groups is 1. The molecule has 2 heterocycles. The first-order valence-corrected chi connectivity index (χ1v) is 5.97. The average Bonchev–Trinajstić information content (AvgIpc) is 2.98. The minimum absolute atomic E-state index is 0.175. The fourth-order valence-electron chi connectivity index (χ4n) is 1.52. The lowest BCUT2D eigenvalue weighted by molar-refractivity contribution is 0.0380. The van der Waals surface area contributed by atoms with E-state index in [9.17, 15) is 4.79 Å². The zero-order chi connectivity index (χ0) is 14.5. The van der Waals surface area contributed by atoms with Crippen LogP contribution in [-0.2, 0) is 16.0 Å². The number of hydrogen-bond acceptors (Lipinski definition) is 8. The molecule has 0 saturated heterocycles. The van der Waals surface area contributed by atoms with Crippen LogP contribution in [0.3, 0.4) is 0 Å². The van der Waals surface area contributed by atoms with Crippen molar-refractivity contribution in [2.75, 3.05) is 20.3 Å². The Balaban J connectivity index is 2.07.